The minimum Gasteiger partial charge on any atom is -0.336 e. The van der Waals surface area contributed by atoms with Gasteiger partial charge in [-0.2, -0.15) is 22.1 Å². The highest BCUT2D eigenvalue weighted by Crippen LogP contribution is 2.28. The number of anilines is 1. The van der Waals surface area contributed by atoms with E-state index < -0.39 is 10.2 Å². The normalized spacial score (nSPS) is 24.2. The van der Waals surface area contributed by atoms with E-state index in [1.807, 2.05) is 6.20 Å². The molecule has 3 aliphatic heterocycles. The van der Waals surface area contributed by atoms with Crippen LogP contribution in [-0.4, -0.2) is 72.1 Å². The van der Waals surface area contributed by atoms with Gasteiger partial charge in [0.05, 0.1) is 17.9 Å². The molecule has 3 fully saturated rings. The van der Waals surface area contributed by atoms with E-state index in [2.05, 4.69) is 10.4 Å². The second kappa shape index (κ2) is 6.58. The summed E-state index contributed by atoms with van der Waals surface area (Å²) in [4.78, 5) is 13.4. The third-order valence-electron chi connectivity index (χ3n) is 5.18. The summed E-state index contributed by atoms with van der Waals surface area (Å²) in [5.41, 5.74) is 0.754. The molecule has 0 saturated carbocycles. The summed E-state index contributed by atoms with van der Waals surface area (Å²) in [5, 5.41) is 7.08. The van der Waals surface area contributed by atoms with Crippen LogP contribution in [-0.2, 0) is 10.2 Å². The molecule has 0 aliphatic carbocycles. The van der Waals surface area contributed by atoms with Crippen LogP contribution < -0.4 is 10.2 Å². The van der Waals surface area contributed by atoms with Gasteiger partial charge in [-0.05, 0) is 12.8 Å². The number of urea groups is 1. The second-order valence-corrected chi connectivity index (χ2v) is 8.78. The zero-order chi connectivity index (χ0) is 17.4. The fourth-order valence-electron chi connectivity index (χ4n) is 3.59. The molecule has 0 aromatic carbocycles. The summed E-state index contributed by atoms with van der Waals surface area (Å²) < 4.78 is 30.4. The van der Waals surface area contributed by atoms with Crippen molar-refractivity contribution < 1.29 is 13.2 Å². The first-order valence-corrected chi connectivity index (χ1v) is 10.3. The van der Waals surface area contributed by atoms with Gasteiger partial charge in [0.25, 0.3) is 10.2 Å². The topological polar surface area (TPSA) is 90.8 Å². The zero-order valence-electron chi connectivity index (χ0n) is 14.2. The summed E-state index contributed by atoms with van der Waals surface area (Å²) in [5.74, 6) is 0. The molecule has 9 nitrogen and oxygen atoms in total. The molecule has 1 aromatic rings. The molecule has 138 valence electrons. The number of rotatable bonds is 4. The van der Waals surface area contributed by atoms with Crippen LogP contribution in [0.25, 0.3) is 0 Å². The van der Waals surface area contributed by atoms with Crippen LogP contribution in [0.4, 0.5) is 10.5 Å². The highest BCUT2D eigenvalue weighted by atomic mass is 32.2. The van der Waals surface area contributed by atoms with Crippen molar-refractivity contribution in [2.45, 2.75) is 31.7 Å². The molecule has 10 heteroatoms. The Morgan fingerprint density at radius 3 is 2.40 bits per heavy atom. The molecule has 0 radical (unpaired) electrons. The first-order valence-electron chi connectivity index (χ1n) is 8.90. The quantitative estimate of drug-likeness (QED) is 0.832. The van der Waals surface area contributed by atoms with E-state index in [0.717, 1.165) is 31.4 Å². The van der Waals surface area contributed by atoms with Gasteiger partial charge in [0, 0.05) is 45.5 Å². The Hall–Kier alpha value is -1.65. The van der Waals surface area contributed by atoms with E-state index in [-0.39, 0.29) is 12.1 Å². The summed E-state index contributed by atoms with van der Waals surface area (Å²) in [7, 11) is -3.36. The van der Waals surface area contributed by atoms with Gasteiger partial charge >= 0.3 is 6.03 Å². The maximum atomic E-state index is 12.7. The molecule has 2 amide bonds. The number of amides is 2. The number of nitrogens with zero attached hydrogens (tertiary/aromatic N) is 5. The van der Waals surface area contributed by atoms with Crippen LogP contribution in [0.15, 0.2) is 12.4 Å². The van der Waals surface area contributed by atoms with Crippen molar-refractivity contribution in [2.24, 2.45) is 0 Å². The first kappa shape index (κ1) is 16.8. The van der Waals surface area contributed by atoms with Crippen LogP contribution in [0.5, 0.6) is 0 Å². The van der Waals surface area contributed by atoms with E-state index in [4.69, 9.17) is 0 Å². The monoisotopic (exact) mass is 368 g/mol. The lowest BCUT2D eigenvalue weighted by molar-refractivity contribution is 0.178. The van der Waals surface area contributed by atoms with Crippen molar-refractivity contribution in [1.29, 1.82) is 0 Å². The summed E-state index contributed by atoms with van der Waals surface area (Å²) in [6.45, 7) is 3.39. The van der Waals surface area contributed by atoms with Crippen LogP contribution >= 0.6 is 0 Å². The summed E-state index contributed by atoms with van der Waals surface area (Å²) in [6, 6.07) is -0.0836. The Morgan fingerprint density at radius 2 is 1.76 bits per heavy atom. The minimum atomic E-state index is -3.36. The molecular weight excluding hydrogens is 344 g/mol. The van der Waals surface area contributed by atoms with Crippen molar-refractivity contribution in [3.05, 3.63) is 12.4 Å². The van der Waals surface area contributed by atoms with E-state index in [1.54, 1.807) is 20.1 Å². The Kier molecular flexibility index (Phi) is 4.42. The molecule has 25 heavy (non-hydrogen) atoms. The highest BCUT2D eigenvalue weighted by Gasteiger charge is 2.40. The van der Waals surface area contributed by atoms with Crippen LogP contribution in [0, 0.1) is 0 Å². The standard InChI is InChI=1S/C15H24N6O3S/c22-15-16-5-8-20(15)13-9-17-21(12-13)14-10-19(11-14)25(23,24)18-6-3-1-2-4-7-18/h9,12,14H,1-8,10-11H2,(H,16,22). The number of carbonyl (C=O) groups is 1. The van der Waals surface area contributed by atoms with Gasteiger partial charge in [0.15, 0.2) is 0 Å². The summed E-state index contributed by atoms with van der Waals surface area (Å²) in [6.07, 6.45) is 7.58. The Labute approximate surface area is 147 Å². The van der Waals surface area contributed by atoms with Gasteiger partial charge in [-0.25, -0.2) is 4.79 Å². The lowest BCUT2D eigenvalue weighted by Crippen LogP contribution is -2.55. The zero-order valence-corrected chi connectivity index (χ0v) is 15.0. The lowest BCUT2D eigenvalue weighted by Gasteiger charge is -2.40. The summed E-state index contributed by atoms with van der Waals surface area (Å²) >= 11 is 0. The third kappa shape index (κ3) is 3.13. The van der Waals surface area contributed by atoms with E-state index in [0.29, 0.717) is 39.3 Å². The van der Waals surface area contributed by atoms with Crippen molar-refractivity contribution in [1.82, 2.24) is 23.7 Å². The molecule has 1 aromatic heterocycles. The number of hydrogen-bond donors (Lipinski definition) is 1. The van der Waals surface area contributed by atoms with E-state index >= 15 is 0 Å². The van der Waals surface area contributed by atoms with Gasteiger partial charge in [-0.15, -0.1) is 0 Å². The number of hydrogen-bond acceptors (Lipinski definition) is 4. The van der Waals surface area contributed by atoms with Crippen molar-refractivity contribution in [2.75, 3.05) is 44.2 Å². The van der Waals surface area contributed by atoms with Gasteiger partial charge in [0.2, 0.25) is 0 Å². The van der Waals surface area contributed by atoms with Crippen LogP contribution in [0.1, 0.15) is 31.7 Å². The van der Waals surface area contributed by atoms with E-state index in [1.165, 1.54) is 4.31 Å². The molecule has 0 bridgehead atoms. The number of carbonyl (C=O) groups excluding carboxylic acids is 1. The Morgan fingerprint density at radius 1 is 1.04 bits per heavy atom. The number of nitrogens with one attached hydrogen (secondary N) is 1. The fourth-order valence-corrected chi connectivity index (χ4v) is 5.36. The van der Waals surface area contributed by atoms with Crippen molar-refractivity contribution in [3.8, 4) is 0 Å². The Bertz CT molecular complexity index is 734. The molecule has 3 aliphatic rings. The third-order valence-corrected chi connectivity index (χ3v) is 7.15. The van der Waals surface area contributed by atoms with Crippen molar-refractivity contribution >= 4 is 21.9 Å². The molecule has 3 saturated heterocycles. The van der Waals surface area contributed by atoms with Gasteiger partial charge in [-0.1, -0.05) is 12.8 Å². The molecule has 0 spiro atoms. The van der Waals surface area contributed by atoms with Gasteiger partial charge in [0.1, 0.15) is 0 Å². The lowest BCUT2D eigenvalue weighted by atomic mass is 10.2. The molecule has 4 rings (SSSR count). The maximum absolute atomic E-state index is 12.7. The molecule has 4 heterocycles. The molecule has 0 unspecified atom stereocenters. The molecule has 0 atom stereocenters. The smallest absolute Gasteiger partial charge is 0.322 e. The van der Waals surface area contributed by atoms with Crippen LogP contribution in [0.3, 0.4) is 0 Å². The number of aromatic nitrogens is 2. The first-order chi connectivity index (χ1) is 12.1. The highest BCUT2D eigenvalue weighted by molar-refractivity contribution is 7.86. The second-order valence-electron chi connectivity index (χ2n) is 6.85. The largest absolute Gasteiger partial charge is 0.336 e. The van der Waals surface area contributed by atoms with E-state index in [9.17, 15) is 13.2 Å². The fraction of sp³-hybridized carbons (Fsp3) is 0.733. The van der Waals surface area contributed by atoms with Gasteiger partial charge < -0.3 is 5.32 Å². The van der Waals surface area contributed by atoms with Crippen molar-refractivity contribution in [3.63, 3.8) is 0 Å². The predicted octanol–water partition coefficient (Wildman–Crippen LogP) is 0.390. The SMILES string of the molecule is O=C1NCCN1c1cnn(C2CN(S(=O)(=O)N3CCCCCC3)C2)c1. The van der Waals surface area contributed by atoms with Gasteiger partial charge in [-0.3, -0.25) is 9.58 Å². The predicted molar refractivity (Wildman–Crippen MR) is 92.5 cm³/mol. The maximum Gasteiger partial charge on any atom is 0.322 e. The average Bonchev–Trinajstić information content (AvgIpc) is 3.06. The Balaban J connectivity index is 1.38. The minimum absolute atomic E-state index is 0.0289. The average molecular weight is 368 g/mol. The van der Waals surface area contributed by atoms with Crippen LogP contribution in [0.2, 0.25) is 0 Å². The molecule has 1 N–H and O–H groups in total. The molecular formula is C15H24N6O3S.